The molecule has 1 fully saturated rings. The van der Waals surface area contributed by atoms with Crippen molar-refractivity contribution in [3.63, 3.8) is 0 Å². The number of carbonyl (C=O) groups is 1. The number of hydrogen-bond acceptors (Lipinski definition) is 2. The van der Waals surface area contributed by atoms with Crippen LogP contribution in [0.1, 0.15) is 24.0 Å². The largest absolute Gasteiger partial charge is 0.351 e. The average molecular weight is 365 g/mol. The predicted molar refractivity (Wildman–Crippen MR) is 93.1 cm³/mol. The normalized spacial score (nSPS) is 17.6. The van der Waals surface area contributed by atoms with Gasteiger partial charge in [0.15, 0.2) is 0 Å². The van der Waals surface area contributed by atoms with E-state index in [2.05, 4.69) is 10.2 Å². The zero-order valence-electron chi connectivity index (χ0n) is 13.6. The highest BCUT2D eigenvalue weighted by molar-refractivity contribution is 6.30. The van der Waals surface area contributed by atoms with Gasteiger partial charge in [0.25, 0.3) is 0 Å². The van der Waals surface area contributed by atoms with Crippen LogP contribution >= 0.6 is 11.6 Å². The van der Waals surface area contributed by atoms with Crippen molar-refractivity contribution in [2.45, 2.75) is 32.0 Å². The molecular formula is C19H19ClF2N2O. The molecule has 1 heterocycles. The Morgan fingerprint density at radius 1 is 1.20 bits per heavy atom. The minimum Gasteiger partial charge on any atom is -0.351 e. The molecule has 2 aromatic rings. The molecule has 1 atom stereocenters. The van der Waals surface area contributed by atoms with Gasteiger partial charge in [-0.2, -0.15) is 0 Å². The lowest BCUT2D eigenvalue weighted by molar-refractivity contribution is -0.125. The molecule has 0 bridgehead atoms. The maximum atomic E-state index is 13.7. The van der Waals surface area contributed by atoms with Crippen LogP contribution in [0.4, 0.5) is 8.78 Å². The van der Waals surface area contributed by atoms with Crippen LogP contribution in [-0.2, 0) is 17.9 Å². The van der Waals surface area contributed by atoms with Crippen molar-refractivity contribution in [3.8, 4) is 0 Å². The Bertz CT molecular complexity index is 752. The number of halogens is 3. The molecule has 3 nitrogen and oxygen atoms in total. The molecule has 1 N–H and O–H groups in total. The first-order valence-corrected chi connectivity index (χ1v) is 8.61. The minimum atomic E-state index is -0.648. The van der Waals surface area contributed by atoms with Crippen LogP contribution in [0.25, 0.3) is 0 Å². The van der Waals surface area contributed by atoms with Gasteiger partial charge in [0.2, 0.25) is 5.91 Å². The molecule has 0 radical (unpaired) electrons. The zero-order valence-corrected chi connectivity index (χ0v) is 14.4. The summed E-state index contributed by atoms with van der Waals surface area (Å²) < 4.78 is 26.6. The molecule has 25 heavy (non-hydrogen) atoms. The number of rotatable bonds is 5. The van der Waals surface area contributed by atoms with Gasteiger partial charge in [0.1, 0.15) is 11.6 Å². The van der Waals surface area contributed by atoms with Crippen molar-refractivity contribution in [1.29, 1.82) is 0 Å². The third kappa shape index (κ3) is 4.55. The number of amides is 1. The summed E-state index contributed by atoms with van der Waals surface area (Å²) in [6.07, 6.45) is 1.71. The molecule has 1 saturated heterocycles. The van der Waals surface area contributed by atoms with Crippen molar-refractivity contribution in [2.75, 3.05) is 6.54 Å². The molecule has 3 rings (SSSR count). The molecule has 0 spiro atoms. The smallest absolute Gasteiger partial charge is 0.237 e. The number of hydrogen-bond donors (Lipinski definition) is 1. The van der Waals surface area contributed by atoms with Crippen LogP contribution in [0.3, 0.4) is 0 Å². The summed E-state index contributed by atoms with van der Waals surface area (Å²) >= 11 is 5.90. The molecule has 6 heteroatoms. The highest BCUT2D eigenvalue weighted by Gasteiger charge is 2.30. The SMILES string of the molecule is O=C(NCc1ccc(F)cc1F)[C@H]1CCCN1Cc1ccc(Cl)cc1. The summed E-state index contributed by atoms with van der Waals surface area (Å²) in [6, 6.07) is 10.7. The zero-order chi connectivity index (χ0) is 17.8. The Labute approximate surface area is 150 Å². The molecule has 0 aromatic heterocycles. The molecule has 0 saturated carbocycles. The molecular weight excluding hydrogens is 346 g/mol. The molecule has 1 aliphatic rings. The maximum Gasteiger partial charge on any atom is 0.237 e. The summed E-state index contributed by atoms with van der Waals surface area (Å²) in [5.41, 5.74) is 1.37. The summed E-state index contributed by atoms with van der Waals surface area (Å²) in [5.74, 6) is -1.41. The predicted octanol–water partition coefficient (Wildman–Crippen LogP) is 3.90. The molecule has 1 amide bonds. The van der Waals surface area contributed by atoms with E-state index in [1.54, 1.807) is 0 Å². The quantitative estimate of drug-likeness (QED) is 0.872. The summed E-state index contributed by atoms with van der Waals surface area (Å²) in [6.45, 7) is 1.56. The Kier molecular flexibility index (Phi) is 5.66. The molecule has 132 valence electrons. The second kappa shape index (κ2) is 7.93. The van der Waals surface area contributed by atoms with Gasteiger partial charge < -0.3 is 5.32 Å². The van der Waals surface area contributed by atoms with E-state index in [1.165, 1.54) is 12.1 Å². The first-order valence-electron chi connectivity index (χ1n) is 8.23. The van der Waals surface area contributed by atoms with Crippen molar-refractivity contribution in [3.05, 3.63) is 70.2 Å². The summed E-state index contributed by atoms with van der Waals surface area (Å²) in [5, 5.41) is 3.44. The van der Waals surface area contributed by atoms with Gasteiger partial charge in [-0.3, -0.25) is 9.69 Å². The maximum absolute atomic E-state index is 13.7. The Balaban J connectivity index is 1.59. The second-order valence-electron chi connectivity index (χ2n) is 6.21. The Morgan fingerprint density at radius 2 is 1.96 bits per heavy atom. The first kappa shape index (κ1) is 17.8. The molecule has 1 aliphatic heterocycles. The highest BCUT2D eigenvalue weighted by Crippen LogP contribution is 2.21. The fourth-order valence-electron chi connectivity index (χ4n) is 3.10. The first-order chi connectivity index (χ1) is 12.0. The molecule has 0 aliphatic carbocycles. The van der Waals surface area contributed by atoms with Gasteiger partial charge in [0.05, 0.1) is 6.04 Å². The van der Waals surface area contributed by atoms with Crippen LogP contribution < -0.4 is 5.32 Å². The minimum absolute atomic E-state index is 0.0518. The lowest BCUT2D eigenvalue weighted by Gasteiger charge is -2.23. The van der Waals surface area contributed by atoms with E-state index in [-0.39, 0.29) is 24.1 Å². The average Bonchev–Trinajstić information content (AvgIpc) is 3.04. The van der Waals surface area contributed by atoms with Crippen molar-refractivity contribution in [2.24, 2.45) is 0 Å². The van der Waals surface area contributed by atoms with E-state index in [4.69, 9.17) is 11.6 Å². The van der Waals surface area contributed by atoms with E-state index in [1.807, 2.05) is 24.3 Å². The van der Waals surface area contributed by atoms with Gasteiger partial charge in [0, 0.05) is 29.7 Å². The van der Waals surface area contributed by atoms with Gasteiger partial charge in [-0.15, -0.1) is 0 Å². The van der Waals surface area contributed by atoms with Crippen LogP contribution in [0.2, 0.25) is 5.02 Å². The van der Waals surface area contributed by atoms with Gasteiger partial charge in [-0.05, 0) is 43.1 Å². The number of nitrogens with one attached hydrogen (secondary N) is 1. The lowest BCUT2D eigenvalue weighted by atomic mass is 10.1. The van der Waals surface area contributed by atoms with Crippen LogP contribution in [0.15, 0.2) is 42.5 Å². The number of likely N-dealkylation sites (tertiary alicyclic amines) is 1. The third-order valence-electron chi connectivity index (χ3n) is 4.43. The Hall–Kier alpha value is -1.98. The molecule has 2 aromatic carbocycles. The summed E-state index contributed by atoms with van der Waals surface area (Å²) in [4.78, 5) is 14.6. The van der Waals surface area contributed by atoms with E-state index in [0.29, 0.717) is 11.6 Å². The molecule has 0 unspecified atom stereocenters. The van der Waals surface area contributed by atoms with Crippen molar-refractivity contribution in [1.82, 2.24) is 10.2 Å². The van der Waals surface area contributed by atoms with Crippen molar-refractivity contribution < 1.29 is 13.6 Å². The standard InChI is InChI=1S/C19H19ClF2N2O/c20-15-6-3-13(4-7-15)12-24-9-1-2-18(24)19(25)23-11-14-5-8-16(21)10-17(14)22/h3-8,10,18H,1-2,9,11-12H2,(H,23,25)/t18-/m1/s1. The van der Waals surface area contributed by atoms with Crippen molar-refractivity contribution >= 4 is 17.5 Å². The van der Waals surface area contributed by atoms with E-state index in [9.17, 15) is 13.6 Å². The van der Waals surface area contributed by atoms with E-state index < -0.39 is 11.6 Å². The Morgan fingerprint density at radius 3 is 2.68 bits per heavy atom. The van der Waals surface area contributed by atoms with Crippen LogP contribution in [0, 0.1) is 11.6 Å². The van der Waals surface area contributed by atoms with Crippen LogP contribution in [0.5, 0.6) is 0 Å². The van der Waals surface area contributed by atoms with E-state index >= 15 is 0 Å². The fraction of sp³-hybridized carbons (Fsp3) is 0.316. The fourth-order valence-corrected chi connectivity index (χ4v) is 3.23. The second-order valence-corrected chi connectivity index (χ2v) is 6.64. The number of nitrogens with zero attached hydrogens (tertiary/aromatic N) is 1. The third-order valence-corrected chi connectivity index (χ3v) is 4.69. The highest BCUT2D eigenvalue weighted by atomic mass is 35.5. The number of carbonyl (C=O) groups excluding carboxylic acids is 1. The van der Waals surface area contributed by atoms with E-state index in [0.717, 1.165) is 31.0 Å². The summed E-state index contributed by atoms with van der Waals surface area (Å²) in [7, 11) is 0. The number of benzene rings is 2. The van der Waals surface area contributed by atoms with Gasteiger partial charge in [-0.1, -0.05) is 29.8 Å². The van der Waals surface area contributed by atoms with Gasteiger partial charge in [-0.25, -0.2) is 8.78 Å². The van der Waals surface area contributed by atoms with Crippen LogP contribution in [-0.4, -0.2) is 23.4 Å². The lowest BCUT2D eigenvalue weighted by Crippen LogP contribution is -2.42. The topological polar surface area (TPSA) is 32.3 Å². The van der Waals surface area contributed by atoms with Gasteiger partial charge >= 0.3 is 0 Å². The monoisotopic (exact) mass is 364 g/mol.